The number of hydrogen-bond donors (Lipinski definition) is 3. The van der Waals surface area contributed by atoms with Crippen molar-refractivity contribution in [3.05, 3.63) is 81.7 Å². The van der Waals surface area contributed by atoms with Crippen LogP contribution in [0, 0.1) is 25.7 Å². The number of aryl methyl sites for hydroxylation is 2. The van der Waals surface area contributed by atoms with Gasteiger partial charge < -0.3 is 20.6 Å². The molecular weight excluding hydrogens is 593 g/mol. The van der Waals surface area contributed by atoms with E-state index < -0.39 is 17.6 Å². The van der Waals surface area contributed by atoms with Gasteiger partial charge >= 0.3 is 6.18 Å². The van der Waals surface area contributed by atoms with Crippen molar-refractivity contribution >= 4 is 39.8 Å². The van der Waals surface area contributed by atoms with Gasteiger partial charge in [-0.15, -0.1) is 0 Å². The quantitative estimate of drug-likeness (QED) is 0.257. The molecule has 1 aromatic carbocycles. The Labute approximate surface area is 256 Å². The number of rotatable bonds is 7. The molecular formula is C30H29F3N8O2S. The van der Waals surface area contributed by atoms with Crippen LogP contribution in [0.4, 0.5) is 35.8 Å². The number of amides is 1. The summed E-state index contributed by atoms with van der Waals surface area (Å²) in [6, 6.07) is 8.39. The van der Waals surface area contributed by atoms with Gasteiger partial charge in [-0.1, -0.05) is 23.3 Å². The molecule has 1 amide bonds. The Hall–Kier alpha value is -4.58. The number of β-amino-alcohol motifs (C(OH)–C–C–N with tert-alkyl or cyclic N) is 1. The monoisotopic (exact) mass is 622 g/mol. The highest BCUT2D eigenvalue weighted by Gasteiger charge is 2.31. The zero-order valence-corrected chi connectivity index (χ0v) is 24.8. The smallest absolute Gasteiger partial charge is 0.395 e. The molecule has 1 fully saturated rings. The molecule has 14 heteroatoms. The average Bonchev–Trinajstić information content (AvgIpc) is 3.43. The van der Waals surface area contributed by atoms with Gasteiger partial charge in [0.1, 0.15) is 23.3 Å². The van der Waals surface area contributed by atoms with Gasteiger partial charge in [0.25, 0.3) is 5.91 Å². The molecule has 1 saturated heterocycles. The van der Waals surface area contributed by atoms with E-state index in [1.54, 1.807) is 24.4 Å². The van der Waals surface area contributed by atoms with Crippen LogP contribution in [0.2, 0.25) is 0 Å². The van der Waals surface area contributed by atoms with Crippen molar-refractivity contribution in [2.24, 2.45) is 0 Å². The molecule has 5 rings (SSSR count). The second-order valence-electron chi connectivity index (χ2n) is 10.0. The highest BCUT2D eigenvalue weighted by Crippen LogP contribution is 2.30. The largest absolute Gasteiger partial charge is 0.416 e. The van der Waals surface area contributed by atoms with Gasteiger partial charge in [-0.25, -0.2) is 19.9 Å². The Morgan fingerprint density at radius 1 is 1.02 bits per heavy atom. The van der Waals surface area contributed by atoms with Gasteiger partial charge in [-0.05, 0) is 49.6 Å². The summed E-state index contributed by atoms with van der Waals surface area (Å²) in [5, 5.41) is 15.4. The highest BCUT2D eigenvalue weighted by molar-refractivity contribution is 7.16. The third-order valence-corrected chi connectivity index (χ3v) is 7.65. The Morgan fingerprint density at radius 2 is 1.82 bits per heavy atom. The van der Waals surface area contributed by atoms with Crippen LogP contribution in [0.3, 0.4) is 0 Å². The van der Waals surface area contributed by atoms with E-state index in [4.69, 9.17) is 0 Å². The maximum absolute atomic E-state index is 13.0. The number of benzene rings is 1. The fourth-order valence-electron chi connectivity index (χ4n) is 4.51. The Kier molecular flexibility index (Phi) is 9.38. The minimum absolute atomic E-state index is 0.147. The van der Waals surface area contributed by atoms with E-state index in [9.17, 15) is 23.1 Å². The summed E-state index contributed by atoms with van der Waals surface area (Å²) in [5.74, 6) is 7.40. The van der Waals surface area contributed by atoms with E-state index in [0.29, 0.717) is 33.8 Å². The Balaban J connectivity index is 1.25. The zero-order chi connectivity index (χ0) is 31.3. The van der Waals surface area contributed by atoms with Crippen LogP contribution in [-0.4, -0.2) is 75.2 Å². The summed E-state index contributed by atoms with van der Waals surface area (Å²) in [6.07, 6.45) is -1.91. The molecule has 228 valence electrons. The van der Waals surface area contributed by atoms with Gasteiger partial charge in [-0.2, -0.15) is 13.2 Å². The first-order valence-electron chi connectivity index (χ1n) is 13.7. The minimum atomic E-state index is -4.55. The van der Waals surface area contributed by atoms with Crippen molar-refractivity contribution in [2.75, 3.05) is 54.9 Å². The summed E-state index contributed by atoms with van der Waals surface area (Å²) in [5.41, 5.74) is 0.749. The minimum Gasteiger partial charge on any atom is -0.395 e. The predicted octanol–water partition coefficient (Wildman–Crippen LogP) is 4.47. The van der Waals surface area contributed by atoms with Crippen LogP contribution < -0.4 is 15.5 Å². The van der Waals surface area contributed by atoms with Crippen molar-refractivity contribution in [1.82, 2.24) is 24.8 Å². The van der Waals surface area contributed by atoms with Crippen molar-refractivity contribution in [3.8, 4) is 11.8 Å². The summed E-state index contributed by atoms with van der Waals surface area (Å²) in [4.78, 5) is 35.2. The number of hydrogen-bond acceptors (Lipinski definition) is 10. The number of carbonyl (C=O) groups is 1. The molecule has 0 spiro atoms. The van der Waals surface area contributed by atoms with Crippen LogP contribution >= 0.6 is 11.3 Å². The number of thiazole rings is 1. The molecule has 0 saturated carbocycles. The number of pyridine rings is 1. The third-order valence-electron chi connectivity index (χ3n) is 6.83. The van der Waals surface area contributed by atoms with E-state index in [0.717, 1.165) is 55.9 Å². The second-order valence-corrected chi connectivity index (χ2v) is 11.1. The molecule has 3 aromatic heterocycles. The first kappa shape index (κ1) is 30.9. The molecule has 10 nitrogen and oxygen atoms in total. The summed E-state index contributed by atoms with van der Waals surface area (Å²) < 4.78 is 39.0. The fourth-order valence-corrected chi connectivity index (χ4v) is 5.19. The topological polar surface area (TPSA) is 119 Å². The SMILES string of the molecule is Cc1nc(Nc2ncc(C#Cc3cc(C(=O)Nc4cc(C(F)(F)F)ccn4)ccc3C)s2)cc(N2CCN(CCO)CC2)n1. The summed E-state index contributed by atoms with van der Waals surface area (Å²) in [7, 11) is 0. The molecule has 0 aliphatic carbocycles. The molecule has 4 aromatic rings. The normalized spacial score (nSPS) is 13.7. The molecule has 0 radical (unpaired) electrons. The number of aliphatic hydroxyl groups excluding tert-OH is 1. The van der Waals surface area contributed by atoms with Crippen LogP contribution in [-0.2, 0) is 6.18 Å². The number of aromatic nitrogens is 4. The highest BCUT2D eigenvalue weighted by atomic mass is 32.1. The third kappa shape index (κ3) is 7.87. The second kappa shape index (κ2) is 13.4. The lowest BCUT2D eigenvalue weighted by Gasteiger charge is -2.35. The van der Waals surface area contributed by atoms with Gasteiger partial charge in [0.15, 0.2) is 5.13 Å². The van der Waals surface area contributed by atoms with E-state index in [1.165, 1.54) is 11.3 Å². The van der Waals surface area contributed by atoms with Gasteiger partial charge in [0.05, 0.1) is 23.2 Å². The number of alkyl halides is 3. The lowest BCUT2D eigenvalue weighted by molar-refractivity contribution is -0.137. The number of anilines is 4. The Bertz CT molecular complexity index is 1710. The first-order chi connectivity index (χ1) is 21.1. The van der Waals surface area contributed by atoms with Gasteiger partial charge in [-0.3, -0.25) is 9.69 Å². The maximum atomic E-state index is 13.0. The lowest BCUT2D eigenvalue weighted by atomic mass is 10.0. The maximum Gasteiger partial charge on any atom is 0.416 e. The van der Waals surface area contributed by atoms with E-state index in [2.05, 4.69) is 52.2 Å². The van der Waals surface area contributed by atoms with Crippen LogP contribution in [0.15, 0.2) is 48.8 Å². The number of nitrogens with zero attached hydrogens (tertiary/aromatic N) is 6. The van der Waals surface area contributed by atoms with E-state index in [1.807, 2.05) is 19.9 Å². The summed E-state index contributed by atoms with van der Waals surface area (Å²) in [6.45, 7) is 7.80. The lowest BCUT2D eigenvalue weighted by Crippen LogP contribution is -2.47. The van der Waals surface area contributed by atoms with Crippen molar-refractivity contribution < 1.29 is 23.1 Å². The molecule has 4 heterocycles. The van der Waals surface area contributed by atoms with Gasteiger partial charge in [0, 0.05) is 56.1 Å². The Morgan fingerprint density at radius 3 is 2.57 bits per heavy atom. The molecule has 1 aliphatic heterocycles. The predicted molar refractivity (Wildman–Crippen MR) is 162 cm³/mol. The first-order valence-corrected chi connectivity index (χ1v) is 14.5. The number of halogens is 3. The van der Waals surface area contributed by atoms with Crippen LogP contribution in [0.5, 0.6) is 0 Å². The van der Waals surface area contributed by atoms with Crippen LogP contribution in [0.1, 0.15) is 37.7 Å². The van der Waals surface area contributed by atoms with Crippen molar-refractivity contribution in [2.45, 2.75) is 20.0 Å². The standard InChI is InChI=1S/C30H29F3N8O2S/c1-19-3-4-22(28(43)38-25-16-23(7-8-34-25)30(31,32)33)15-21(19)5-6-24-18-35-29(44-24)39-26-17-27(37-20(2)36-26)41-11-9-40(10-12-41)13-14-42/h3-4,7-8,15-18,42H,9-14H2,1-2H3,(H,34,38,43)(H,35,36,37,39). The van der Waals surface area contributed by atoms with E-state index >= 15 is 0 Å². The number of nitrogens with one attached hydrogen (secondary N) is 2. The number of carbonyl (C=O) groups excluding carboxylic acids is 1. The number of piperazine rings is 1. The number of aliphatic hydroxyl groups is 1. The zero-order valence-electron chi connectivity index (χ0n) is 23.9. The van der Waals surface area contributed by atoms with E-state index in [-0.39, 0.29) is 18.0 Å². The van der Waals surface area contributed by atoms with Crippen LogP contribution in [0.25, 0.3) is 0 Å². The average molecular weight is 623 g/mol. The summed E-state index contributed by atoms with van der Waals surface area (Å²) >= 11 is 1.34. The molecule has 0 unspecified atom stereocenters. The molecule has 3 N–H and O–H groups in total. The van der Waals surface area contributed by atoms with Gasteiger partial charge in [0.2, 0.25) is 0 Å². The molecule has 1 aliphatic rings. The molecule has 44 heavy (non-hydrogen) atoms. The van der Waals surface area contributed by atoms with Crippen molar-refractivity contribution in [1.29, 1.82) is 0 Å². The molecule has 0 atom stereocenters. The van der Waals surface area contributed by atoms with Crippen molar-refractivity contribution in [3.63, 3.8) is 0 Å². The fraction of sp³-hybridized carbons (Fsp3) is 0.300. The molecule has 0 bridgehead atoms.